The van der Waals surface area contributed by atoms with E-state index in [0.29, 0.717) is 27.4 Å². The van der Waals surface area contributed by atoms with E-state index in [2.05, 4.69) is 5.32 Å². The second-order valence-corrected chi connectivity index (χ2v) is 11.7. The Kier molecular flexibility index (Phi) is 8.58. The summed E-state index contributed by atoms with van der Waals surface area (Å²) in [6.45, 7) is 1.48. The lowest BCUT2D eigenvalue weighted by atomic mass is 9.82. The van der Waals surface area contributed by atoms with Crippen molar-refractivity contribution in [2.75, 3.05) is 18.5 Å². The predicted molar refractivity (Wildman–Crippen MR) is 155 cm³/mol. The van der Waals surface area contributed by atoms with Gasteiger partial charge in [0.05, 0.1) is 17.7 Å². The Balaban J connectivity index is 1.52. The van der Waals surface area contributed by atoms with Crippen molar-refractivity contribution in [3.63, 3.8) is 0 Å². The van der Waals surface area contributed by atoms with Gasteiger partial charge in [0.2, 0.25) is 11.8 Å². The number of anilines is 1. The summed E-state index contributed by atoms with van der Waals surface area (Å²) in [5.41, 5.74) is 6.08. The highest BCUT2D eigenvalue weighted by Gasteiger charge is 2.41. The predicted octanol–water partition coefficient (Wildman–Crippen LogP) is 5.91. The molecule has 1 fully saturated rings. The molecule has 8 nitrogen and oxygen atoms in total. The summed E-state index contributed by atoms with van der Waals surface area (Å²) in [7, 11) is 0. The molecule has 0 saturated heterocycles. The molecule has 0 unspecified atom stereocenters. The topological polar surface area (TPSA) is 113 Å². The van der Waals surface area contributed by atoms with Crippen LogP contribution < -0.4 is 21.3 Å². The summed E-state index contributed by atoms with van der Waals surface area (Å²) in [5.74, 6) is -2.95. The Labute approximate surface area is 250 Å². The zero-order valence-corrected chi connectivity index (χ0v) is 24.1. The summed E-state index contributed by atoms with van der Waals surface area (Å²) < 4.78 is 54.5. The number of halogens is 4. The van der Waals surface area contributed by atoms with Gasteiger partial charge >= 0.3 is 6.18 Å². The summed E-state index contributed by atoms with van der Waals surface area (Å²) in [6, 6.07) is 10.6. The molecule has 2 heterocycles. The number of nitrogens with zero attached hydrogens (tertiary/aromatic N) is 1. The molecule has 2 amide bonds. The number of carbonyl (C=O) groups excluding carboxylic acids is 2. The number of fused-ring (bicyclic) bond motifs is 3. The van der Waals surface area contributed by atoms with E-state index in [1.165, 1.54) is 54.7 Å². The Morgan fingerprint density at radius 2 is 1.88 bits per heavy atom. The minimum Gasteiger partial charge on any atom is -0.491 e. The highest BCUT2D eigenvalue weighted by Crippen LogP contribution is 2.40. The zero-order chi connectivity index (χ0) is 30.9. The molecule has 228 valence electrons. The first-order chi connectivity index (χ1) is 20.3. The fourth-order valence-corrected chi connectivity index (χ4v) is 5.55. The first kappa shape index (κ1) is 30.6. The smallest absolute Gasteiger partial charge is 0.395 e. The van der Waals surface area contributed by atoms with Gasteiger partial charge in [-0.2, -0.15) is 13.2 Å². The maximum atomic E-state index is 13.9. The Hall–Kier alpha value is -3.83. The van der Waals surface area contributed by atoms with Crippen LogP contribution in [0.1, 0.15) is 54.6 Å². The molecule has 5 rings (SSSR count). The second kappa shape index (κ2) is 12.0. The third kappa shape index (κ3) is 6.88. The van der Waals surface area contributed by atoms with Crippen LogP contribution in [0.15, 0.2) is 59.5 Å². The standard InChI is InChI=1S/C31H31ClF3N3O5/c1-30(10-2-11-30)43-12-9-25(29(41)37-22-7-4-18(5-8-22)28(36)40)38-16-26-24(15-27(38)39)23-14-21(32)6-3-19(23)13-20(17-42-26)31(33,34)35/h3-8,14-16,20,25H,2,9-13,17H2,1H3,(H2,36,40)(H,37,41)/t20-,25+/m1/s1. The maximum absolute atomic E-state index is 13.9. The minimum atomic E-state index is -4.52. The molecule has 0 radical (unpaired) electrons. The number of carbonyl (C=O) groups is 2. The Morgan fingerprint density at radius 3 is 2.51 bits per heavy atom. The van der Waals surface area contributed by atoms with E-state index in [1.54, 1.807) is 0 Å². The van der Waals surface area contributed by atoms with E-state index >= 15 is 0 Å². The summed E-state index contributed by atoms with van der Waals surface area (Å²) in [6.07, 6.45) is -0.679. The summed E-state index contributed by atoms with van der Waals surface area (Å²) in [4.78, 5) is 38.6. The van der Waals surface area contributed by atoms with Crippen molar-refractivity contribution in [3.05, 3.63) is 81.2 Å². The van der Waals surface area contributed by atoms with Gasteiger partial charge in [-0.25, -0.2) is 0 Å². The molecule has 1 saturated carbocycles. The van der Waals surface area contributed by atoms with E-state index in [1.807, 2.05) is 6.92 Å². The number of hydrogen-bond donors (Lipinski definition) is 2. The van der Waals surface area contributed by atoms with Crippen molar-refractivity contribution in [2.45, 2.75) is 56.8 Å². The van der Waals surface area contributed by atoms with Crippen LogP contribution >= 0.6 is 11.6 Å². The number of hydrogen-bond acceptors (Lipinski definition) is 5. The van der Waals surface area contributed by atoms with Crippen molar-refractivity contribution in [2.24, 2.45) is 11.7 Å². The molecule has 43 heavy (non-hydrogen) atoms. The van der Waals surface area contributed by atoms with Gasteiger partial charge in [-0.3, -0.25) is 19.0 Å². The quantitative estimate of drug-likeness (QED) is 0.326. The van der Waals surface area contributed by atoms with Crippen molar-refractivity contribution >= 4 is 29.1 Å². The third-order valence-electron chi connectivity index (χ3n) is 8.10. The second-order valence-electron chi connectivity index (χ2n) is 11.2. The lowest BCUT2D eigenvalue weighted by Crippen LogP contribution is -2.39. The number of pyridine rings is 1. The van der Waals surface area contributed by atoms with Gasteiger partial charge in [0.1, 0.15) is 18.4 Å². The molecule has 1 aliphatic carbocycles. The number of primary amides is 1. The number of aromatic nitrogens is 1. The number of nitrogens with two attached hydrogens (primary N) is 1. The molecule has 1 aromatic heterocycles. The number of ether oxygens (including phenoxy) is 2. The first-order valence-corrected chi connectivity index (χ1v) is 14.3. The number of benzene rings is 2. The van der Waals surface area contributed by atoms with E-state index in [9.17, 15) is 27.6 Å². The van der Waals surface area contributed by atoms with Crippen LogP contribution in [0.5, 0.6) is 5.75 Å². The number of amides is 2. The van der Waals surface area contributed by atoms with Gasteiger partial charge < -0.3 is 20.5 Å². The largest absolute Gasteiger partial charge is 0.491 e. The zero-order valence-electron chi connectivity index (χ0n) is 23.4. The van der Waals surface area contributed by atoms with Gasteiger partial charge in [0, 0.05) is 40.9 Å². The molecule has 3 N–H and O–H groups in total. The summed E-state index contributed by atoms with van der Waals surface area (Å²) >= 11 is 6.20. The SMILES string of the molecule is CC1(OCC[C@@H](C(=O)Nc2ccc(C(N)=O)cc2)n2cc3c(cc2=O)-c2cc(Cl)ccc2C[C@@H](C(F)(F)F)CO3)CCC1. The van der Waals surface area contributed by atoms with E-state index < -0.39 is 42.1 Å². The normalized spacial score (nSPS) is 18.1. The highest BCUT2D eigenvalue weighted by atomic mass is 35.5. The van der Waals surface area contributed by atoms with Crippen LogP contribution in [0.3, 0.4) is 0 Å². The lowest BCUT2D eigenvalue weighted by molar-refractivity contribution is -0.181. The monoisotopic (exact) mass is 617 g/mol. The summed E-state index contributed by atoms with van der Waals surface area (Å²) in [5, 5.41) is 3.04. The van der Waals surface area contributed by atoms with Crippen LogP contribution in [0.25, 0.3) is 11.1 Å². The fourth-order valence-electron chi connectivity index (χ4n) is 5.38. The average molecular weight is 618 g/mol. The van der Waals surface area contributed by atoms with E-state index in [-0.39, 0.29) is 36.4 Å². The Bertz CT molecular complexity index is 1580. The highest BCUT2D eigenvalue weighted by molar-refractivity contribution is 6.30. The molecule has 2 aromatic carbocycles. The van der Waals surface area contributed by atoms with Crippen molar-refractivity contribution < 1.29 is 32.2 Å². The Morgan fingerprint density at radius 1 is 1.16 bits per heavy atom. The van der Waals surface area contributed by atoms with Crippen molar-refractivity contribution in [3.8, 4) is 16.9 Å². The molecular weight excluding hydrogens is 587 g/mol. The average Bonchev–Trinajstić information content (AvgIpc) is 2.92. The number of alkyl halides is 3. The van der Waals surface area contributed by atoms with Crippen molar-refractivity contribution in [1.82, 2.24) is 4.57 Å². The van der Waals surface area contributed by atoms with Gasteiger partial charge in [0.15, 0.2) is 0 Å². The molecule has 3 aromatic rings. The van der Waals surface area contributed by atoms with Crippen LogP contribution in [-0.4, -0.2) is 41.4 Å². The third-order valence-corrected chi connectivity index (χ3v) is 8.34. The lowest BCUT2D eigenvalue weighted by Gasteiger charge is -2.38. The number of rotatable bonds is 8. The fraction of sp³-hybridized carbons (Fsp3) is 0.387. The number of nitrogens with one attached hydrogen (secondary N) is 1. The molecule has 1 aliphatic heterocycles. The molecule has 2 atom stereocenters. The molecular formula is C31H31ClF3N3O5. The van der Waals surface area contributed by atoms with Crippen molar-refractivity contribution in [1.29, 1.82) is 0 Å². The first-order valence-electron chi connectivity index (χ1n) is 13.9. The molecule has 12 heteroatoms. The molecule has 0 bridgehead atoms. The van der Waals surface area contributed by atoms with Crippen LogP contribution in [0.2, 0.25) is 5.02 Å². The van der Waals surface area contributed by atoms with Gasteiger partial charge in [-0.05, 0) is 80.1 Å². The van der Waals surface area contributed by atoms with E-state index in [0.717, 1.165) is 23.8 Å². The minimum absolute atomic E-state index is 0.0209. The maximum Gasteiger partial charge on any atom is 0.395 e. The van der Waals surface area contributed by atoms with Gasteiger partial charge in [-0.15, -0.1) is 0 Å². The van der Waals surface area contributed by atoms with Crippen LogP contribution in [0.4, 0.5) is 18.9 Å². The van der Waals surface area contributed by atoms with E-state index in [4.69, 9.17) is 26.8 Å². The van der Waals surface area contributed by atoms with Crippen LogP contribution in [-0.2, 0) is 16.0 Å². The van der Waals surface area contributed by atoms with Gasteiger partial charge in [-0.1, -0.05) is 17.7 Å². The molecule has 0 spiro atoms. The molecule has 2 aliphatic rings. The van der Waals surface area contributed by atoms with Gasteiger partial charge in [0.25, 0.3) is 5.56 Å². The van der Waals surface area contributed by atoms with Crippen LogP contribution in [0, 0.1) is 5.92 Å².